The van der Waals surface area contributed by atoms with Gasteiger partial charge in [-0.15, -0.1) is 0 Å². The normalized spacial score (nSPS) is 41.9. The molecule has 0 unspecified atom stereocenters. The Morgan fingerprint density at radius 1 is 0.635 bits per heavy atom. The molecule has 2 N–H and O–H groups in total. The van der Waals surface area contributed by atoms with E-state index in [0.29, 0.717) is 52.8 Å². The number of aromatic nitrogens is 4. The fraction of sp³-hybridized carbons (Fsp3) is 0.636. The van der Waals surface area contributed by atoms with Crippen LogP contribution in [0.3, 0.4) is 0 Å². The molecule has 8 aliphatic rings. The van der Waals surface area contributed by atoms with Gasteiger partial charge in [-0.05, 0) is 123 Å². The van der Waals surface area contributed by atoms with Gasteiger partial charge in [0.2, 0.25) is 11.8 Å². The van der Waals surface area contributed by atoms with E-state index in [1.54, 1.807) is 11.1 Å². The highest BCUT2D eigenvalue weighted by Crippen LogP contribution is 2.66. The Balaban J connectivity index is 0.000000138. The zero-order chi connectivity index (χ0) is 35.9. The lowest BCUT2D eigenvalue weighted by Crippen LogP contribution is -2.50. The van der Waals surface area contributed by atoms with E-state index in [2.05, 4.69) is 94.1 Å². The molecule has 2 aromatic rings. The van der Waals surface area contributed by atoms with Crippen molar-refractivity contribution in [1.29, 1.82) is 0 Å². The van der Waals surface area contributed by atoms with Crippen LogP contribution in [0.15, 0.2) is 72.9 Å². The predicted molar refractivity (Wildman–Crippen MR) is 204 cm³/mol. The molecule has 276 valence electrons. The van der Waals surface area contributed by atoms with Crippen LogP contribution in [0.4, 0.5) is 0 Å². The maximum absolute atomic E-state index is 12.1. The molecule has 8 nitrogen and oxygen atoms in total. The van der Waals surface area contributed by atoms with Crippen LogP contribution in [0.5, 0.6) is 0 Å². The Labute approximate surface area is 309 Å². The van der Waals surface area contributed by atoms with Crippen LogP contribution in [0.1, 0.15) is 105 Å². The Hall–Kier alpha value is -3.68. The third kappa shape index (κ3) is 5.12. The maximum atomic E-state index is 12.1. The van der Waals surface area contributed by atoms with Gasteiger partial charge < -0.3 is 19.8 Å². The monoisotopic (exact) mass is 702 g/mol. The predicted octanol–water partition coefficient (Wildman–Crippen LogP) is 8.05. The minimum atomic E-state index is 0.143. The average Bonchev–Trinajstić information content (AvgIpc) is 3.93. The quantitative estimate of drug-likeness (QED) is 0.331. The number of nitrogens with one attached hydrogen (secondary N) is 2. The van der Waals surface area contributed by atoms with Crippen molar-refractivity contribution in [2.24, 2.45) is 57.2 Å². The summed E-state index contributed by atoms with van der Waals surface area (Å²) in [7, 11) is 0. The first-order valence-corrected chi connectivity index (χ1v) is 20.4. The fourth-order valence-electron chi connectivity index (χ4n) is 13.5. The van der Waals surface area contributed by atoms with Gasteiger partial charge in [0, 0.05) is 72.9 Å². The van der Waals surface area contributed by atoms with Crippen molar-refractivity contribution in [3.63, 3.8) is 0 Å². The van der Waals surface area contributed by atoms with E-state index in [0.717, 1.165) is 32.4 Å². The van der Waals surface area contributed by atoms with Gasteiger partial charge in [0.1, 0.15) is 0 Å². The zero-order valence-corrected chi connectivity index (χ0v) is 31.7. The van der Waals surface area contributed by atoms with Gasteiger partial charge in [0.15, 0.2) is 0 Å². The summed E-state index contributed by atoms with van der Waals surface area (Å²) < 4.78 is 4.40. The van der Waals surface area contributed by atoms with Crippen molar-refractivity contribution < 1.29 is 9.59 Å². The van der Waals surface area contributed by atoms with Gasteiger partial charge in [-0.25, -0.2) is 9.97 Å². The van der Waals surface area contributed by atoms with E-state index in [9.17, 15) is 9.59 Å². The molecular formula is C44H58N6O2. The highest BCUT2D eigenvalue weighted by atomic mass is 16.2. The number of hydrogen-bond acceptors (Lipinski definition) is 4. The molecule has 2 aromatic heterocycles. The molecule has 4 heterocycles. The van der Waals surface area contributed by atoms with Crippen molar-refractivity contribution in [2.45, 2.75) is 105 Å². The molecule has 10 rings (SSSR count). The van der Waals surface area contributed by atoms with E-state index in [1.165, 1.54) is 62.8 Å². The molecule has 4 saturated carbocycles. The number of rotatable bonds is 2. The molecule has 2 saturated heterocycles. The number of nitrogens with zero attached hydrogens (tertiary/aromatic N) is 4. The molecule has 0 spiro atoms. The van der Waals surface area contributed by atoms with Gasteiger partial charge in [0.05, 0.1) is 12.7 Å². The van der Waals surface area contributed by atoms with Crippen LogP contribution in [0.25, 0.3) is 11.4 Å². The highest BCUT2D eigenvalue weighted by Gasteiger charge is 2.57. The molecule has 52 heavy (non-hydrogen) atoms. The summed E-state index contributed by atoms with van der Waals surface area (Å²) in [5.41, 5.74) is 6.92. The summed E-state index contributed by atoms with van der Waals surface area (Å²) in [5, 5.41) is 6.30. The number of amides is 2. The van der Waals surface area contributed by atoms with Crippen molar-refractivity contribution in [1.82, 2.24) is 29.7 Å². The number of fused-ring (bicyclic) bond motifs is 10. The minimum absolute atomic E-state index is 0.143. The highest BCUT2D eigenvalue weighted by molar-refractivity contribution is 5.77. The third-order valence-corrected chi connectivity index (χ3v) is 16.6. The summed E-state index contributed by atoms with van der Waals surface area (Å²) in [6.07, 6.45) is 34.7. The van der Waals surface area contributed by atoms with Gasteiger partial charge in [-0.1, -0.05) is 51.0 Å². The maximum Gasteiger partial charge on any atom is 0.220 e. The van der Waals surface area contributed by atoms with Crippen LogP contribution in [-0.4, -0.2) is 44.0 Å². The summed E-state index contributed by atoms with van der Waals surface area (Å²) >= 11 is 0. The largest absolute Gasteiger partial charge is 0.356 e. The standard InChI is InChI=1S/2C22H29N3O/c1-21-10-8-20(26)24-13-15(21)3-4-16-17-5-6-19(25-12-11-23-14-25)22(17,2)9-7-18(16)21;1-21-9-10-24-20(26)13-15(21)3-4-16-17-5-6-19(25-12-11-23-14-25)22(17,2)8-7-18(16)21/h2*5-6,11-12,14-16,18H,3-4,7-10,13H2,1-2H3,(H,24,26)/t2*15-,16-,18-,21-,22-/m00/s1. The van der Waals surface area contributed by atoms with Crippen LogP contribution < -0.4 is 10.6 Å². The second kappa shape index (κ2) is 12.4. The van der Waals surface area contributed by atoms with Crippen molar-refractivity contribution in [3.05, 3.63) is 72.9 Å². The first-order chi connectivity index (χ1) is 25.0. The summed E-state index contributed by atoms with van der Waals surface area (Å²) in [5.74, 6) is 4.47. The lowest BCUT2D eigenvalue weighted by atomic mass is 9.48. The molecule has 2 aliphatic heterocycles. The van der Waals surface area contributed by atoms with E-state index in [4.69, 9.17) is 0 Å². The lowest BCUT2D eigenvalue weighted by Gasteiger charge is -2.56. The molecule has 2 amide bonds. The smallest absolute Gasteiger partial charge is 0.220 e. The van der Waals surface area contributed by atoms with E-state index in [-0.39, 0.29) is 22.6 Å². The van der Waals surface area contributed by atoms with Crippen molar-refractivity contribution in [2.75, 3.05) is 13.1 Å². The average molecular weight is 703 g/mol. The number of carbonyl (C=O) groups is 2. The SMILES string of the molecule is C[C@]12CC[C@H]3[C@@H](CC[C@H]4CC(=O)NCC[C@@]43C)C1=CC=C2n1ccnc1.C[C@]12CC[C@H]3[C@@H](CC[C@H]4CNC(=O)CC[C@@]43C)C1=CC=C2n1ccnc1. The Bertz CT molecular complexity index is 1760. The molecule has 0 radical (unpaired) electrons. The summed E-state index contributed by atoms with van der Waals surface area (Å²) in [6.45, 7) is 11.6. The molecule has 8 heteroatoms. The summed E-state index contributed by atoms with van der Waals surface area (Å²) in [6, 6.07) is 0. The Morgan fingerprint density at radius 3 is 1.75 bits per heavy atom. The fourth-order valence-corrected chi connectivity index (χ4v) is 13.5. The summed E-state index contributed by atoms with van der Waals surface area (Å²) in [4.78, 5) is 32.6. The van der Waals surface area contributed by atoms with Gasteiger partial charge in [-0.3, -0.25) is 9.59 Å². The minimum Gasteiger partial charge on any atom is -0.356 e. The lowest BCUT2D eigenvalue weighted by molar-refractivity contribution is -0.123. The van der Waals surface area contributed by atoms with E-state index >= 15 is 0 Å². The van der Waals surface area contributed by atoms with Crippen LogP contribution in [0.2, 0.25) is 0 Å². The molecular weight excluding hydrogens is 645 g/mol. The zero-order valence-electron chi connectivity index (χ0n) is 31.7. The Kier molecular flexibility index (Phi) is 8.16. The topological polar surface area (TPSA) is 93.8 Å². The molecule has 10 atom stereocenters. The van der Waals surface area contributed by atoms with Gasteiger partial charge in [-0.2, -0.15) is 0 Å². The molecule has 6 fully saturated rings. The third-order valence-electron chi connectivity index (χ3n) is 16.6. The first kappa shape index (κ1) is 34.1. The first-order valence-electron chi connectivity index (χ1n) is 20.4. The van der Waals surface area contributed by atoms with Crippen LogP contribution in [-0.2, 0) is 9.59 Å². The molecule has 0 bridgehead atoms. The van der Waals surface area contributed by atoms with Crippen molar-refractivity contribution in [3.8, 4) is 0 Å². The molecule has 0 aromatic carbocycles. The number of allylic oxidation sites excluding steroid dienone is 8. The van der Waals surface area contributed by atoms with Gasteiger partial charge >= 0.3 is 0 Å². The van der Waals surface area contributed by atoms with Crippen molar-refractivity contribution >= 4 is 23.2 Å². The number of imidazole rings is 2. The molecule has 6 aliphatic carbocycles. The van der Waals surface area contributed by atoms with Crippen LogP contribution in [0, 0.1) is 57.2 Å². The van der Waals surface area contributed by atoms with Crippen LogP contribution >= 0.6 is 0 Å². The van der Waals surface area contributed by atoms with E-state index < -0.39 is 0 Å². The second-order valence-electron chi connectivity index (χ2n) is 18.6. The number of hydrogen-bond donors (Lipinski definition) is 2. The van der Waals surface area contributed by atoms with Gasteiger partial charge in [0.25, 0.3) is 0 Å². The number of carbonyl (C=O) groups excluding carboxylic acids is 2. The van der Waals surface area contributed by atoms with E-state index in [1.807, 2.05) is 25.0 Å². The Morgan fingerprint density at radius 2 is 1.19 bits per heavy atom. The second-order valence-corrected chi connectivity index (χ2v) is 18.6.